The minimum Gasteiger partial charge on any atom is -0.394 e. The van der Waals surface area contributed by atoms with Crippen LogP contribution in [0.3, 0.4) is 0 Å². The molecule has 9 atom stereocenters. The number of nitrogens with one attached hydrogen (secondary N) is 2. The molecule has 0 bridgehead atoms. The number of nitrogen functional groups attached to an aromatic ring is 1. The summed E-state index contributed by atoms with van der Waals surface area (Å²) < 4.78 is 67.7. The number of aliphatic hydroxyl groups is 2. The minimum atomic E-state index is -4.49. The molecule has 21 heteroatoms. The van der Waals surface area contributed by atoms with Crippen molar-refractivity contribution in [2.24, 2.45) is 0 Å². The summed E-state index contributed by atoms with van der Waals surface area (Å²) >= 11 is 3.90. The van der Waals surface area contributed by atoms with E-state index in [0.29, 0.717) is 0 Å². The SMILES string of the molecule is Nc1nc2c(ncn2[C@@H]2O[C@H](CO)[C@@H](F)C2OP(=O)(S)OC[C@H]2O[C@@H](n3ccc4c(=O)[nH]cnc43)[C@@H](F)[C@@H]2O)c(=O)[nH]1. The van der Waals surface area contributed by atoms with Gasteiger partial charge in [-0.3, -0.25) is 28.2 Å². The molecule has 0 spiro atoms. The van der Waals surface area contributed by atoms with Crippen molar-refractivity contribution in [2.45, 2.75) is 49.2 Å². The van der Waals surface area contributed by atoms with E-state index in [4.69, 9.17) is 24.3 Å². The molecule has 42 heavy (non-hydrogen) atoms. The molecule has 6 N–H and O–H groups in total. The van der Waals surface area contributed by atoms with Gasteiger partial charge >= 0.3 is 6.80 Å². The van der Waals surface area contributed by atoms with Gasteiger partial charge in [0, 0.05) is 6.20 Å². The molecular weight excluding hydrogens is 609 g/mol. The quantitative estimate of drug-likeness (QED) is 0.108. The number of aromatic amines is 2. The summed E-state index contributed by atoms with van der Waals surface area (Å²) in [4.78, 5) is 40.7. The van der Waals surface area contributed by atoms with Crippen molar-refractivity contribution in [3.05, 3.63) is 45.6 Å². The van der Waals surface area contributed by atoms with Gasteiger partial charge in [-0.15, -0.1) is 0 Å². The zero-order valence-electron chi connectivity index (χ0n) is 21.1. The van der Waals surface area contributed by atoms with Crippen LogP contribution in [0.4, 0.5) is 14.7 Å². The maximum atomic E-state index is 15.3. The highest BCUT2D eigenvalue weighted by Gasteiger charge is 2.51. The molecule has 0 radical (unpaired) electrons. The average Bonchev–Trinajstić information content (AvgIpc) is 3.69. The predicted octanol–water partition coefficient (Wildman–Crippen LogP) is -0.296. The Morgan fingerprint density at radius 1 is 1.12 bits per heavy atom. The Kier molecular flexibility index (Phi) is 7.42. The van der Waals surface area contributed by atoms with Crippen LogP contribution in [-0.2, 0) is 23.1 Å². The van der Waals surface area contributed by atoms with E-state index in [-0.39, 0.29) is 28.1 Å². The molecule has 2 aliphatic rings. The lowest BCUT2D eigenvalue weighted by atomic mass is 10.1. The number of nitrogens with two attached hydrogens (primary N) is 1. The van der Waals surface area contributed by atoms with Crippen LogP contribution in [0.25, 0.3) is 22.2 Å². The second kappa shape index (κ2) is 10.8. The van der Waals surface area contributed by atoms with E-state index in [1.54, 1.807) is 0 Å². The standard InChI is InChI=1S/C21H23F2N8O9PS/c22-10-8(3-32)38-20(31-6-27-12-16(31)28-21(24)29-18(12)35)14(10)40-41(36,42)37-4-9-13(33)11(23)19(39-9)30-2-1-7-15(30)25-5-26-17(7)34/h1-2,5-6,8-11,13-14,19-20,32-33H,3-4H2,(H,36,42)(H,25,26,34)(H3,24,28,29,35)/t8-,9-,10-,11+,13-,14?,19-,20-,41?/m1/s1. The summed E-state index contributed by atoms with van der Waals surface area (Å²) in [5, 5.41) is 20.2. The number of hydrogen-bond acceptors (Lipinski definition) is 13. The van der Waals surface area contributed by atoms with Crippen molar-refractivity contribution in [3.8, 4) is 0 Å². The number of imidazole rings is 1. The van der Waals surface area contributed by atoms with Crippen molar-refractivity contribution >= 4 is 47.2 Å². The summed E-state index contributed by atoms with van der Waals surface area (Å²) in [6, 6.07) is 1.40. The summed E-state index contributed by atoms with van der Waals surface area (Å²) in [5.41, 5.74) is 4.32. The van der Waals surface area contributed by atoms with Gasteiger partial charge in [0.25, 0.3) is 11.1 Å². The molecule has 17 nitrogen and oxygen atoms in total. The van der Waals surface area contributed by atoms with Gasteiger partial charge in [0.1, 0.15) is 30.1 Å². The largest absolute Gasteiger partial charge is 0.394 e. The third-order valence-electron chi connectivity index (χ3n) is 6.91. The Morgan fingerprint density at radius 2 is 1.88 bits per heavy atom. The maximum absolute atomic E-state index is 15.3. The van der Waals surface area contributed by atoms with E-state index in [2.05, 4.69) is 37.2 Å². The van der Waals surface area contributed by atoms with Crippen LogP contribution in [0.2, 0.25) is 0 Å². The van der Waals surface area contributed by atoms with E-state index in [9.17, 15) is 24.4 Å². The number of alkyl halides is 2. The average molecular weight is 632 g/mol. The molecule has 226 valence electrons. The van der Waals surface area contributed by atoms with Crippen molar-refractivity contribution in [3.63, 3.8) is 0 Å². The van der Waals surface area contributed by atoms with Gasteiger partial charge in [0.15, 0.2) is 36.0 Å². The first-order valence-electron chi connectivity index (χ1n) is 12.3. The van der Waals surface area contributed by atoms with Gasteiger partial charge in [-0.05, 0) is 6.07 Å². The number of anilines is 1. The number of aromatic nitrogens is 7. The summed E-state index contributed by atoms with van der Waals surface area (Å²) in [5.74, 6) is -0.265. The number of rotatable bonds is 8. The Balaban J connectivity index is 1.19. The van der Waals surface area contributed by atoms with E-state index in [1.807, 2.05) is 0 Å². The topological polar surface area (TPSA) is 235 Å². The highest BCUT2D eigenvalue weighted by atomic mass is 32.7. The second-order valence-electron chi connectivity index (χ2n) is 9.49. The van der Waals surface area contributed by atoms with Gasteiger partial charge in [0.2, 0.25) is 5.95 Å². The Hall–Kier alpha value is -3.23. The number of nitrogens with zero attached hydrogens (tertiary/aromatic N) is 5. The fourth-order valence-corrected chi connectivity index (χ4v) is 6.36. The number of thiol groups is 1. The first-order chi connectivity index (χ1) is 20.0. The zero-order valence-corrected chi connectivity index (χ0v) is 22.8. The number of ether oxygens (including phenoxy) is 2. The third kappa shape index (κ3) is 4.92. The highest BCUT2D eigenvalue weighted by Crippen LogP contribution is 2.57. The molecule has 0 amide bonds. The van der Waals surface area contributed by atoms with E-state index in [1.165, 1.54) is 16.8 Å². The second-order valence-corrected chi connectivity index (χ2v) is 12.4. The fourth-order valence-electron chi connectivity index (χ4n) is 4.91. The lowest BCUT2D eigenvalue weighted by Gasteiger charge is -2.25. The number of H-pyrrole nitrogens is 2. The number of hydrogen-bond donors (Lipinski definition) is 6. The van der Waals surface area contributed by atoms with E-state index >= 15 is 8.78 Å². The molecule has 0 saturated carbocycles. The molecule has 6 rings (SSSR count). The normalized spacial score (nSPS) is 31.3. The Bertz CT molecular complexity index is 1800. The molecule has 0 aliphatic carbocycles. The molecule has 0 aromatic carbocycles. The van der Waals surface area contributed by atoms with Gasteiger partial charge < -0.3 is 35.0 Å². The molecule has 2 aliphatic heterocycles. The molecule has 4 aromatic heterocycles. The van der Waals surface area contributed by atoms with Crippen LogP contribution >= 0.6 is 19.0 Å². The van der Waals surface area contributed by atoms with Gasteiger partial charge in [0.05, 0.1) is 31.3 Å². The molecule has 6 heterocycles. The van der Waals surface area contributed by atoms with Crippen LogP contribution < -0.4 is 16.9 Å². The lowest BCUT2D eigenvalue weighted by molar-refractivity contribution is -0.0530. The van der Waals surface area contributed by atoms with Crippen LogP contribution in [0.15, 0.2) is 34.5 Å². The summed E-state index contributed by atoms with van der Waals surface area (Å²) in [7, 11) is 0. The van der Waals surface area contributed by atoms with Crippen molar-refractivity contribution in [1.29, 1.82) is 0 Å². The summed E-state index contributed by atoms with van der Waals surface area (Å²) in [6.07, 6.45) is -9.64. The van der Waals surface area contributed by atoms with Crippen LogP contribution in [-0.4, -0.2) is 94.2 Å². The third-order valence-corrected chi connectivity index (χ3v) is 8.52. The van der Waals surface area contributed by atoms with Crippen molar-refractivity contribution in [2.75, 3.05) is 18.9 Å². The zero-order chi connectivity index (χ0) is 29.9. The van der Waals surface area contributed by atoms with E-state index in [0.717, 1.165) is 17.2 Å². The van der Waals surface area contributed by atoms with Crippen LogP contribution in [0.1, 0.15) is 12.5 Å². The number of aliphatic hydroxyl groups excluding tert-OH is 2. The first kappa shape index (κ1) is 28.9. The molecular formula is C21H23F2N8O9PS. The maximum Gasteiger partial charge on any atom is 0.386 e. The Morgan fingerprint density at radius 3 is 2.64 bits per heavy atom. The molecule has 2 unspecified atom stereocenters. The van der Waals surface area contributed by atoms with Gasteiger partial charge in [-0.1, -0.05) is 12.2 Å². The van der Waals surface area contributed by atoms with Crippen LogP contribution in [0.5, 0.6) is 0 Å². The lowest BCUT2D eigenvalue weighted by Crippen LogP contribution is -2.33. The monoisotopic (exact) mass is 632 g/mol. The Labute approximate surface area is 237 Å². The molecule has 2 saturated heterocycles. The first-order valence-corrected chi connectivity index (χ1v) is 15.0. The number of halogens is 2. The van der Waals surface area contributed by atoms with Gasteiger partial charge in [-0.25, -0.2) is 23.3 Å². The van der Waals surface area contributed by atoms with Crippen molar-refractivity contribution < 1.29 is 42.1 Å². The summed E-state index contributed by atoms with van der Waals surface area (Å²) in [6.45, 7) is -5.98. The minimum absolute atomic E-state index is 0.105. The van der Waals surface area contributed by atoms with E-state index < -0.39 is 80.3 Å². The predicted molar refractivity (Wildman–Crippen MR) is 141 cm³/mol. The highest BCUT2D eigenvalue weighted by molar-refractivity contribution is 8.44. The number of fused-ring (bicyclic) bond motifs is 2. The molecule has 4 aromatic rings. The van der Waals surface area contributed by atoms with Gasteiger partial charge in [-0.2, -0.15) is 4.98 Å². The molecule has 2 fully saturated rings. The fraction of sp³-hybridized carbons (Fsp3) is 0.476. The smallest absolute Gasteiger partial charge is 0.386 e. The van der Waals surface area contributed by atoms with Crippen molar-refractivity contribution in [1.82, 2.24) is 34.1 Å². The van der Waals surface area contributed by atoms with Crippen LogP contribution in [0, 0.1) is 0 Å².